The number of ether oxygens (including phenoxy) is 1. The summed E-state index contributed by atoms with van der Waals surface area (Å²) in [4.78, 5) is 14.4. The zero-order chi connectivity index (χ0) is 18.5. The fourth-order valence-corrected chi connectivity index (χ4v) is 4.60. The molecular weight excluding hydrogens is 354 g/mol. The van der Waals surface area contributed by atoms with Crippen molar-refractivity contribution in [2.45, 2.75) is 25.1 Å². The molecule has 2 aliphatic heterocycles. The van der Waals surface area contributed by atoms with Crippen molar-refractivity contribution in [1.29, 1.82) is 0 Å². The number of nitrogens with zero attached hydrogens (tertiary/aromatic N) is 1. The van der Waals surface area contributed by atoms with E-state index in [9.17, 15) is 13.2 Å². The zero-order valence-electron chi connectivity index (χ0n) is 14.5. The molecule has 0 saturated carbocycles. The maximum absolute atomic E-state index is 12.7. The van der Waals surface area contributed by atoms with E-state index in [0.29, 0.717) is 0 Å². The van der Waals surface area contributed by atoms with Crippen LogP contribution in [-0.2, 0) is 19.0 Å². The molecule has 6 nitrogen and oxygen atoms in total. The van der Waals surface area contributed by atoms with Crippen LogP contribution in [0.5, 0.6) is 0 Å². The second-order valence-electron chi connectivity index (χ2n) is 6.43. The van der Waals surface area contributed by atoms with Crippen molar-refractivity contribution in [1.82, 2.24) is 4.90 Å². The minimum absolute atomic E-state index is 0.240. The Kier molecular flexibility index (Phi) is 4.00. The molecule has 1 amide bonds. The number of carbonyl (C=O) groups is 1. The van der Waals surface area contributed by atoms with Crippen molar-refractivity contribution >= 4 is 16.2 Å². The minimum atomic E-state index is -3.73. The summed E-state index contributed by atoms with van der Waals surface area (Å²) in [7, 11) is -3.73. The molecule has 0 saturated heterocycles. The average molecular weight is 373 g/mol. The van der Waals surface area contributed by atoms with Crippen molar-refractivity contribution in [2.75, 3.05) is 12.9 Å². The largest absolute Gasteiger partial charge is 0.450 e. The van der Waals surface area contributed by atoms with Crippen molar-refractivity contribution in [2.24, 2.45) is 0 Å². The quantitative estimate of drug-likeness (QED) is 0.772. The molecule has 0 radical (unpaired) electrons. The lowest BCUT2D eigenvalue weighted by Crippen LogP contribution is -2.41. The Labute approximate surface area is 152 Å². The molecule has 3 atom stereocenters. The Hall–Kier alpha value is -2.38. The first-order chi connectivity index (χ1) is 12.4. The Morgan fingerprint density at radius 3 is 2.12 bits per heavy atom. The van der Waals surface area contributed by atoms with E-state index in [1.54, 1.807) is 11.8 Å². The van der Waals surface area contributed by atoms with Crippen molar-refractivity contribution in [3.63, 3.8) is 0 Å². The van der Waals surface area contributed by atoms with Gasteiger partial charge >= 0.3 is 6.09 Å². The predicted octanol–water partition coefficient (Wildman–Crippen LogP) is 3.32. The lowest BCUT2D eigenvalue weighted by atomic mass is 9.90. The zero-order valence-corrected chi connectivity index (χ0v) is 15.3. The van der Waals surface area contributed by atoms with Crippen LogP contribution in [0.3, 0.4) is 0 Å². The third kappa shape index (κ3) is 2.59. The maximum atomic E-state index is 12.7. The molecule has 0 aromatic heterocycles. The molecule has 0 aliphatic carbocycles. The van der Waals surface area contributed by atoms with Crippen LogP contribution in [0.4, 0.5) is 4.79 Å². The van der Waals surface area contributed by atoms with Gasteiger partial charge in [-0.3, -0.25) is 9.08 Å². The highest BCUT2D eigenvalue weighted by atomic mass is 32.2. The summed E-state index contributed by atoms with van der Waals surface area (Å²) in [5.74, 6) is 0. The van der Waals surface area contributed by atoms with Gasteiger partial charge in [0.2, 0.25) is 0 Å². The molecular formula is C19H19NO5S. The predicted molar refractivity (Wildman–Crippen MR) is 95.0 cm³/mol. The molecule has 0 fully saturated rings. The van der Waals surface area contributed by atoms with Gasteiger partial charge in [-0.15, -0.1) is 0 Å². The number of hydrogen-bond acceptors (Lipinski definition) is 5. The number of hydrogen-bond donors (Lipinski definition) is 0. The first kappa shape index (κ1) is 17.1. The summed E-state index contributed by atoms with van der Waals surface area (Å²) in [5, 5.41) is 0. The smallest absolute Gasteiger partial charge is 0.411 e. The van der Waals surface area contributed by atoms with Crippen molar-refractivity contribution in [3.8, 4) is 0 Å². The summed E-state index contributed by atoms with van der Waals surface area (Å²) in [6.45, 7) is 1.99. The monoisotopic (exact) mass is 373 g/mol. The van der Waals surface area contributed by atoms with Gasteiger partial charge in [0, 0.05) is 0 Å². The van der Waals surface area contributed by atoms with E-state index in [4.69, 9.17) is 8.92 Å². The van der Waals surface area contributed by atoms with E-state index in [0.717, 1.165) is 28.5 Å². The highest BCUT2D eigenvalue weighted by molar-refractivity contribution is 7.86. The molecule has 7 heteroatoms. The SMILES string of the molecule is CCOC(=O)N1C2c3ccccc3C1[C@H](OS(C)(=O)=O)c1ccccc12. The van der Waals surface area contributed by atoms with Crippen LogP contribution in [0, 0.1) is 0 Å². The Morgan fingerprint density at radius 2 is 1.54 bits per heavy atom. The highest BCUT2D eigenvalue weighted by Gasteiger charge is 2.53. The topological polar surface area (TPSA) is 72.9 Å². The maximum Gasteiger partial charge on any atom is 0.411 e. The molecule has 0 spiro atoms. The van der Waals surface area contributed by atoms with Gasteiger partial charge in [-0.25, -0.2) is 4.79 Å². The van der Waals surface area contributed by atoms with Gasteiger partial charge in [-0.2, -0.15) is 8.42 Å². The van der Waals surface area contributed by atoms with Crippen molar-refractivity contribution < 1.29 is 22.1 Å². The molecule has 0 N–H and O–H groups in total. The third-order valence-electron chi connectivity index (χ3n) is 4.83. The first-order valence-corrected chi connectivity index (χ1v) is 10.2. The second-order valence-corrected chi connectivity index (χ2v) is 8.03. The minimum Gasteiger partial charge on any atom is -0.450 e. The fourth-order valence-electron chi connectivity index (χ4n) is 4.01. The van der Waals surface area contributed by atoms with Crippen LogP contribution in [0.15, 0.2) is 48.5 Å². The van der Waals surface area contributed by atoms with Gasteiger partial charge in [-0.05, 0) is 29.2 Å². The van der Waals surface area contributed by atoms with Crippen LogP contribution in [0.25, 0.3) is 0 Å². The van der Waals surface area contributed by atoms with E-state index in [1.807, 2.05) is 48.5 Å². The van der Waals surface area contributed by atoms with Crippen molar-refractivity contribution in [3.05, 3.63) is 70.8 Å². The number of amides is 1. The lowest BCUT2D eigenvalue weighted by molar-refractivity contribution is 0.0334. The molecule has 4 rings (SSSR count). The van der Waals surface area contributed by atoms with Crippen LogP contribution in [0.1, 0.15) is 47.4 Å². The Morgan fingerprint density at radius 1 is 1.00 bits per heavy atom. The summed E-state index contributed by atoms with van der Waals surface area (Å²) >= 11 is 0. The summed E-state index contributed by atoms with van der Waals surface area (Å²) in [6, 6.07) is 14.3. The van der Waals surface area contributed by atoms with Gasteiger partial charge in [-0.1, -0.05) is 48.5 Å². The molecule has 2 aromatic rings. The molecule has 2 aromatic carbocycles. The molecule has 2 bridgehead atoms. The summed E-state index contributed by atoms with van der Waals surface area (Å²) < 4.78 is 34.6. The van der Waals surface area contributed by atoms with E-state index < -0.39 is 28.4 Å². The number of carbonyl (C=O) groups excluding carboxylic acids is 1. The Bertz CT molecular complexity index is 971. The lowest BCUT2D eigenvalue weighted by Gasteiger charge is -2.40. The fraction of sp³-hybridized carbons (Fsp3) is 0.316. The first-order valence-electron chi connectivity index (χ1n) is 8.43. The molecule has 2 aliphatic rings. The molecule has 2 unspecified atom stereocenters. The van der Waals surface area contributed by atoms with Crippen LogP contribution >= 0.6 is 0 Å². The highest BCUT2D eigenvalue weighted by Crippen LogP contribution is 2.57. The van der Waals surface area contributed by atoms with Crippen LogP contribution in [-0.4, -0.2) is 32.3 Å². The molecule has 26 heavy (non-hydrogen) atoms. The normalized spacial score (nSPS) is 23.3. The van der Waals surface area contributed by atoms with E-state index in [2.05, 4.69) is 0 Å². The number of fused-ring (bicyclic) bond motifs is 7. The third-order valence-corrected chi connectivity index (χ3v) is 5.39. The summed E-state index contributed by atoms with van der Waals surface area (Å²) in [5.41, 5.74) is 3.49. The average Bonchev–Trinajstić information content (AvgIpc) is 2.89. The standard InChI is InChI=1S/C19H19NO5S/c1-3-24-19(21)20-16-12-8-4-5-9-13(12)17(20)18(25-26(2,22)23)15-11-7-6-10-14(15)16/h4-11,16-18H,3H2,1-2H3/t16?,17?,18-/m1/s1. The van der Waals surface area contributed by atoms with Gasteiger partial charge < -0.3 is 4.74 Å². The van der Waals surface area contributed by atoms with Gasteiger partial charge in [0.05, 0.1) is 24.9 Å². The number of benzene rings is 2. The number of rotatable bonds is 3. The molecule has 2 heterocycles. The van der Waals surface area contributed by atoms with E-state index >= 15 is 0 Å². The van der Waals surface area contributed by atoms with E-state index in [1.165, 1.54) is 0 Å². The molecule has 136 valence electrons. The van der Waals surface area contributed by atoms with Crippen LogP contribution < -0.4 is 0 Å². The Balaban J connectivity index is 1.96. The van der Waals surface area contributed by atoms with Crippen LogP contribution in [0.2, 0.25) is 0 Å². The van der Waals surface area contributed by atoms with Gasteiger partial charge in [0.15, 0.2) is 0 Å². The second kappa shape index (κ2) is 6.10. The summed E-state index contributed by atoms with van der Waals surface area (Å²) in [6.07, 6.45) is -0.266. The van der Waals surface area contributed by atoms with Gasteiger partial charge in [0.25, 0.3) is 10.1 Å². The van der Waals surface area contributed by atoms with Gasteiger partial charge in [0.1, 0.15) is 6.10 Å². The van der Waals surface area contributed by atoms with E-state index in [-0.39, 0.29) is 12.6 Å².